The van der Waals surface area contributed by atoms with Crippen LogP contribution in [0.3, 0.4) is 0 Å². The van der Waals surface area contributed by atoms with Gasteiger partial charge in [0.05, 0.1) is 0 Å². The second-order valence-electron chi connectivity index (χ2n) is 5.31. The Morgan fingerprint density at radius 1 is 1.25 bits per heavy atom. The van der Waals surface area contributed by atoms with Crippen molar-refractivity contribution in [1.82, 2.24) is 0 Å². The van der Waals surface area contributed by atoms with E-state index in [1.54, 1.807) is 32.0 Å². The maximum atomic E-state index is 14.5. The molecule has 0 saturated heterocycles. The van der Waals surface area contributed by atoms with Gasteiger partial charge in [0, 0.05) is 5.41 Å². The van der Waals surface area contributed by atoms with Gasteiger partial charge in [0.2, 0.25) is 0 Å². The second kappa shape index (κ2) is 3.76. The molecule has 0 aromatic heterocycles. The summed E-state index contributed by atoms with van der Waals surface area (Å²) in [6.07, 6.45) is 3.89. The average molecular weight is 222 g/mol. The Bertz CT molecular complexity index is 373. The minimum atomic E-state index is -1.24. The van der Waals surface area contributed by atoms with Gasteiger partial charge in [-0.25, -0.2) is 4.39 Å². The average Bonchev–Trinajstić information content (AvgIpc) is 2.66. The number of hydrogen-bond donors (Lipinski definition) is 1. The van der Waals surface area contributed by atoms with Crippen molar-refractivity contribution in [3.8, 4) is 5.75 Å². The lowest BCUT2D eigenvalue weighted by atomic mass is 9.68. The van der Waals surface area contributed by atoms with Gasteiger partial charge in [0.15, 0.2) is 0 Å². The van der Waals surface area contributed by atoms with Crippen LogP contribution in [0.25, 0.3) is 0 Å². The van der Waals surface area contributed by atoms with Gasteiger partial charge in [-0.2, -0.15) is 0 Å². The van der Waals surface area contributed by atoms with Crippen LogP contribution in [0.5, 0.6) is 5.75 Å². The molecular weight excluding hydrogens is 203 g/mol. The van der Waals surface area contributed by atoms with E-state index in [4.69, 9.17) is 0 Å². The van der Waals surface area contributed by atoms with E-state index in [-0.39, 0.29) is 5.75 Å². The highest BCUT2D eigenvalue weighted by molar-refractivity contribution is 5.36. The third-order valence-corrected chi connectivity index (χ3v) is 3.99. The molecule has 1 aromatic carbocycles. The summed E-state index contributed by atoms with van der Waals surface area (Å²) in [5, 5.41) is 9.53. The lowest BCUT2D eigenvalue weighted by Gasteiger charge is -2.39. The molecule has 1 aromatic rings. The van der Waals surface area contributed by atoms with Crippen molar-refractivity contribution >= 4 is 0 Å². The fourth-order valence-corrected chi connectivity index (χ4v) is 3.01. The lowest BCUT2D eigenvalue weighted by molar-refractivity contribution is 0.0916. The van der Waals surface area contributed by atoms with Crippen LogP contribution in [0.15, 0.2) is 24.3 Å². The summed E-state index contributed by atoms with van der Waals surface area (Å²) >= 11 is 0. The molecule has 0 amide bonds. The molecule has 0 radical (unpaired) electrons. The van der Waals surface area contributed by atoms with E-state index in [1.807, 2.05) is 6.07 Å². The van der Waals surface area contributed by atoms with E-state index in [2.05, 4.69) is 0 Å². The molecule has 0 unspecified atom stereocenters. The van der Waals surface area contributed by atoms with E-state index in [0.29, 0.717) is 0 Å². The Balaban J connectivity index is 2.48. The van der Waals surface area contributed by atoms with Crippen LogP contribution < -0.4 is 0 Å². The van der Waals surface area contributed by atoms with Gasteiger partial charge in [0.25, 0.3) is 0 Å². The quantitative estimate of drug-likeness (QED) is 0.803. The molecule has 0 spiro atoms. The first-order valence-electron chi connectivity index (χ1n) is 5.94. The van der Waals surface area contributed by atoms with Gasteiger partial charge < -0.3 is 5.11 Å². The summed E-state index contributed by atoms with van der Waals surface area (Å²) < 4.78 is 14.5. The smallest absolute Gasteiger partial charge is 0.115 e. The van der Waals surface area contributed by atoms with Gasteiger partial charge in [0.1, 0.15) is 11.4 Å². The molecule has 1 aliphatic rings. The number of phenols is 1. The fourth-order valence-electron chi connectivity index (χ4n) is 3.01. The predicted molar refractivity (Wildman–Crippen MR) is 63.4 cm³/mol. The van der Waals surface area contributed by atoms with Crippen LogP contribution in [0.4, 0.5) is 4.39 Å². The van der Waals surface area contributed by atoms with Gasteiger partial charge in [-0.15, -0.1) is 0 Å². The molecule has 16 heavy (non-hydrogen) atoms. The molecule has 0 aliphatic heterocycles. The first-order valence-corrected chi connectivity index (χ1v) is 5.94. The number of halogens is 1. The van der Waals surface area contributed by atoms with Gasteiger partial charge in [-0.05, 0) is 44.4 Å². The number of benzene rings is 1. The second-order valence-corrected chi connectivity index (χ2v) is 5.31. The van der Waals surface area contributed by atoms with Crippen LogP contribution in [-0.2, 0) is 5.41 Å². The SMILES string of the molecule is CC(C)(F)C1(c2cccc(O)c2)CCCC1. The van der Waals surface area contributed by atoms with E-state index in [9.17, 15) is 9.50 Å². The monoisotopic (exact) mass is 222 g/mol. The zero-order valence-corrected chi connectivity index (χ0v) is 9.96. The maximum Gasteiger partial charge on any atom is 0.115 e. The first kappa shape index (κ1) is 11.4. The molecule has 2 rings (SSSR count). The lowest BCUT2D eigenvalue weighted by Crippen LogP contribution is -2.41. The molecule has 1 N–H and O–H groups in total. The summed E-state index contributed by atoms with van der Waals surface area (Å²) in [6, 6.07) is 7.09. The number of alkyl halides is 1. The Hall–Kier alpha value is -1.05. The Morgan fingerprint density at radius 2 is 1.88 bits per heavy atom. The van der Waals surface area contributed by atoms with Crippen LogP contribution in [0.2, 0.25) is 0 Å². The molecular formula is C14H19FO. The predicted octanol–water partition coefficient (Wildman–Crippen LogP) is 3.95. The molecule has 1 nitrogen and oxygen atoms in total. The van der Waals surface area contributed by atoms with Crippen molar-refractivity contribution in [2.45, 2.75) is 50.6 Å². The van der Waals surface area contributed by atoms with E-state index < -0.39 is 11.1 Å². The van der Waals surface area contributed by atoms with Gasteiger partial charge in [-0.3, -0.25) is 0 Å². The number of rotatable bonds is 2. The minimum Gasteiger partial charge on any atom is -0.508 e. The Morgan fingerprint density at radius 3 is 2.38 bits per heavy atom. The molecule has 88 valence electrons. The van der Waals surface area contributed by atoms with Crippen molar-refractivity contribution in [2.24, 2.45) is 0 Å². The molecule has 1 saturated carbocycles. The molecule has 0 heterocycles. The topological polar surface area (TPSA) is 20.2 Å². The summed E-state index contributed by atoms with van der Waals surface area (Å²) in [4.78, 5) is 0. The largest absolute Gasteiger partial charge is 0.508 e. The molecule has 2 heteroatoms. The van der Waals surface area contributed by atoms with E-state index >= 15 is 0 Å². The van der Waals surface area contributed by atoms with Crippen molar-refractivity contribution in [3.63, 3.8) is 0 Å². The molecule has 1 fully saturated rings. The van der Waals surface area contributed by atoms with Crippen molar-refractivity contribution in [3.05, 3.63) is 29.8 Å². The standard InChI is InChI=1S/C14H19FO/c1-13(2,15)14(8-3-4-9-14)11-6-5-7-12(16)10-11/h5-7,10,16H,3-4,8-9H2,1-2H3. The fraction of sp³-hybridized carbons (Fsp3) is 0.571. The summed E-state index contributed by atoms with van der Waals surface area (Å²) in [5.41, 5.74) is -0.708. The summed E-state index contributed by atoms with van der Waals surface area (Å²) in [5.74, 6) is 0.230. The highest BCUT2D eigenvalue weighted by atomic mass is 19.1. The normalized spacial score (nSPS) is 19.9. The molecule has 0 bridgehead atoms. The number of aromatic hydroxyl groups is 1. The van der Waals surface area contributed by atoms with Crippen LogP contribution in [-0.4, -0.2) is 10.8 Å². The first-order chi connectivity index (χ1) is 7.46. The van der Waals surface area contributed by atoms with E-state index in [1.165, 1.54) is 0 Å². The van der Waals surface area contributed by atoms with Crippen LogP contribution in [0, 0.1) is 0 Å². The van der Waals surface area contributed by atoms with Crippen LogP contribution in [0.1, 0.15) is 45.1 Å². The van der Waals surface area contributed by atoms with Crippen molar-refractivity contribution in [1.29, 1.82) is 0 Å². The van der Waals surface area contributed by atoms with E-state index in [0.717, 1.165) is 31.2 Å². The van der Waals surface area contributed by atoms with Crippen molar-refractivity contribution in [2.75, 3.05) is 0 Å². The van der Waals surface area contributed by atoms with Crippen molar-refractivity contribution < 1.29 is 9.50 Å². The zero-order valence-electron chi connectivity index (χ0n) is 9.96. The third kappa shape index (κ3) is 1.70. The van der Waals surface area contributed by atoms with Gasteiger partial charge >= 0.3 is 0 Å². The number of phenolic OH excluding ortho intramolecular Hbond substituents is 1. The van der Waals surface area contributed by atoms with Gasteiger partial charge in [-0.1, -0.05) is 25.0 Å². The Labute approximate surface area is 96.3 Å². The Kier molecular flexibility index (Phi) is 2.69. The summed E-state index contributed by atoms with van der Waals surface area (Å²) in [7, 11) is 0. The number of hydrogen-bond acceptors (Lipinski definition) is 1. The zero-order chi connectivity index (χ0) is 11.8. The maximum absolute atomic E-state index is 14.5. The molecule has 0 atom stereocenters. The highest BCUT2D eigenvalue weighted by Gasteiger charge is 2.48. The highest BCUT2D eigenvalue weighted by Crippen LogP contribution is 2.50. The third-order valence-electron chi connectivity index (χ3n) is 3.99. The summed E-state index contributed by atoms with van der Waals surface area (Å²) in [6.45, 7) is 3.31. The van der Waals surface area contributed by atoms with Crippen LogP contribution >= 0.6 is 0 Å². The minimum absolute atomic E-state index is 0.230. The molecule has 1 aliphatic carbocycles.